The van der Waals surface area contributed by atoms with Gasteiger partial charge in [-0.2, -0.15) is 0 Å². The van der Waals surface area contributed by atoms with Crippen LogP contribution >= 0.6 is 0 Å². The molecule has 1 aliphatic rings. The lowest BCUT2D eigenvalue weighted by Crippen LogP contribution is -2.38. The van der Waals surface area contributed by atoms with E-state index in [1.54, 1.807) is 4.90 Å². The highest BCUT2D eigenvalue weighted by Crippen LogP contribution is 2.12. The monoisotopic (exact) mass is 211 g/mol. The number of nitrogens with one attached hydrogen (secondary N) is 2. The van der Waals surface area contributed by atoms with Crippen molar-refractivity contribution >= 4 is 5.91 Å². The molecule has 6 heteroatoms. The molecule has 2 N–H and O–H groups in total. The lowest BCUT2D eigenvalue weighted by atomic mass is 10.1. The van der Waals surface area contributed by atoms with Gasteiger partial charge in [0, 0.05) is 19.2 Å². The van der Waals surface area contributed by atoms with Crippen molar-refractivity contribution in [2.45, 2.75) is 13.0 Å². The molecule has 0 aromatic carbocycles. The summed E-state index contributed by atoms with van der Waals surface area (Å²) in [5, 5.41) is 5.30. The number of aromatic nitrogens is 2. The lowest BCUT2D eigenvalue weighted by molar-refractivity contribution is -0.136. The van der Waals surface area contributed by atoms with E-state index in [0.29, 0.717) is 19.5 Å². The maximum Gasteiger partial charge on any atom is 0.267 e. The zero-order valence-corrected chi connectivity index (χ0v) is 8.50. The predicted octanol–water partition coefficient (Wildman–Crippen LogP) is -0.766. The molecule has 2 heterocycles. The first-order valence-electron chi connectivity index (χ1n) is 4.77. The van der Waals surface area contributed by atoms with Gasteiger partial charge in [0.2, 0.25) is 5.91 Å². The Balaban J connectivity index is 2.12. The van der Waals surface area contributed by atoms with Crippen LogP contribution < -0.4 is 5.56 Å². The first-order chi connectivity index (χ1) is 7.22. The number of nitrogens with zero attached hydrogens (tertiary/aromatic N) is 1. The smallest absolute Gasteiger partial charge is 0.267 e. The molecule has 0 atom stereocenters. The molecule has 0 bridgehead atoms. The molecule has 1 aromatic rings. The molecule has 0 unspecified atom stereocenters. The van der Waals surface area contributed by atoms with Crippen LogP contribution in [0.5, 0.6) is 0 Å². The Kier molecular flexibility index (Phi) is 2.59. The van der Waals surface area contributed by atoms with Crippen LogP contribution in [0.1, 0.15) is 11.3 Å². The second-order valence-electron chi connectivity index (χ2n) is 3.53. The molecule has 0 saturated carbocycles. The fraction of sp³-hybridized carbons (Fsp3) is 0.556. The van der Waals surface area contributed by atoms with Gasteiger partial charge in [-0.1, -0.05) is 0 Å². The van der Waals surface area contributed by atoms with Crippen LogP contribution in [0.2, 0.25) is 0 Å². The maximum absolute atomic E-state index is 11.5. The normalized spacial score (nSPS) is 15.1. The predicted molar refractivity (Wildman–Crippen MR) is 52.4 cm³/mol. The van der Waals surface area contributed by atoms with E-state index in [-0.39, 0.29) is 18.1 Å². The zero-order chi connectivity index (χ0) is 10.8. The van der Waals surface area contributed by atoms with Crippen molar-refractivity contribution < 1.29 is 9.53 Å². The van der Waals surface area contributed by atoms with Crippen molar-refractivity contribution in [3.05, 3.63) is 21.6 Å². The van der Waals surface area contributed by atoms with E-state index in [2.05, 4.69) is 10.2 Å². The number of methoxy groups -OCH3 is 1. The van der Waals surface area contributed by atoms with Gasteiger partial charge >= 0.3 is 0 Å². The number of H-pyrrole nitrogens is 2. The Hall–Kier alpha value is -1.56. The summed E-state index contributed by atoms with van der Waals surface area (Å²) >= 11 is 0. The minimum atomic E-state index is -0.0798. The fourth-order valence-electron chi connectivity index (χ4n) is 1.76. The van der Waals surface area contributed by atoms with Crippen molar-refractivity contribution in [3.8, 4) is 0 Å². The van der Waals surface area contributed by atoms with E-state index in [1.807, 2.05) is 0 Å². The molecule has 0 saturated heterocycles. The first-order valence-corrected chi connectivity index (χ1v) is 4.77. The summed E-state index contributed by atoms with van der Waals surface area (Å²) in [7, 11) is 1.49. The van der Waals surface area contributed by atoms with Crippen molar-refractivity contribution in [2.75, 3.05) is 20.3 Å². The molecule has 2 rings (SSSR count). The number of amides is 1. The van der Waals surface area contributed by atoms with Crippen LogP contribution in [-0.4, -0.2) is 41.3 Å². The van der Waals surface area contributed by atoms with Crippen molar-refractivity contribution in [1.82, 2.24) is 15.1 Å². The van der Waals surface area contributed by atoms with Crippen molar-refractivity contribution in [2.24, 2.45) is 0 Å². The third-order valence-corrected chi connectivity index (χ3v) is 2.57. The number of aromatic amines is 2. The van der Waals surface area contributed by atoms with Gasteiger partial charge in [-0.15, -0.1) is 0 Å². The quantitative estimate of drug-likeness (QED) is 0.674. The zero-order valence-electron chi connectivity index (χ0n) is 8.50. The number of hydrogen-bond donors (Lipinski definition) is 2. The number of rotatable bonds is 2. The maximum atomic E-state index is 11.5. The molecular weight excluding hydrogens is 198 g/mol. The minimum absolute atomic E-state index is 0.0507. The second-order valence-corrected chi connectivity index (χ2v) is 3.53. The van der Waals surface area contributed by atoms with Crippen LogP contribution in [0.25, 0.3) is 0 Å². The van der Waals surface area contributed by atoms with Gasteiger partial charge in [0.05, 0.1) is 12.2 Å². The van der Waals surface area contributed by atoms with Gasteiger partial charge in [0.15, 0.2) is 0 Å². The molecule has 15 heavy (non-hydrogen) atoms. The van der Waals surface area contributed by atoms with Gasteiger partial charge in [0.1, 0.15) is 6.61 Å². The topological polar surface area (TPSA) is 78.2 Å². The summed E-state index contributed by atoms with van der Waals surface area (Å²) in [4.78, 5) is 24.4. The molecule has 82 valence electrons. The average molecular weight is 211 g/mol. The summed E-state index contributed by atoms with van der Waals surface area (Å²) in [5.41, 5.74) is 1.48. The summed E-state index contributed by atoms with van der Waals surface area (Å²) in [6.07, 6.45) is 0.601. The molecule has 1 amide bonds. The van der Waals surface area contributed by atoms with Gasteiger partial charge in [-0.25, -0.2) is 0 Å². The van der Waals surface area contributed by atoms with Crippen LogP contribution in [0, 0.1) is 0 Å². The summed E-state index contributed by atoms with van der Waals surface area (Å²) in [6.45, 7) is 1.12. The highest BCUT2D eigenvalue weighted by Gasteiger charge is 2.23. The van der Waals surface area contributed by atoms with Crippen molar-refractivity contribution in [1.29, 1.82) is 0 Å². The molecule has 0 aliphatic carbocycles. The largest absolute Gasteiger partial charge is 0.375 e. The van der Waals surface area contributed by atoms with Gasteiger partial charge in [-0.05, 0) is 6.42 Å². The second kappa shape index (κ2) is 3.90. The Morgan fingerprint density at radius 1 is 1.53 bits per heavy atom. The van der Waals surface area contributed by atoms with Gasteiger partial charge in [0.25, 0.3) is 5.56 Å². The lowest BCUT2D eigenvalue weighted by Gasteiger charge is -2.25. The van der Waals surface area contributed by atoms with E-state index in [0.717, 1.165) is 11.3 Å². The van der Waals surface area contributed by atoms with Gasteiger partial charge < -0.3 is 14.7 Å². The fourth-order valence-corrected chi connectivity index (χ4v) is 1.76. The van der Waals surface area contributed by atoms with E-state index in [1.165, 1.54) is 7.11 Å². The number of fused-ring (bicyclic) bond motifs is 1. The summed E-state index contributed by atoms with van der Waals surface area (Å²) < 4.78 is 4.78. The van der Waals surface area contributed by atoms with Crippen LogP contribution in [-0.2, 0) is 22.5 Å². The van der Waals surface area contributed by atoms with Crippen molar-refractivity contribution in [3.63, 3.8) is 0 Å². The first kappa shape index (κ1) is 9.97. The van der Waals surface area contributed by atoms with E-state index >= 15 is 0 Å². The summed E-state index contributed by atoms with van der Waals surface area (Å²) in [6, 6.07) is 0. The van der Waals surface area contributed by atoms with E-state index in [4.69, 9.17) is 4.74 Å². The number of ether oxygens (including phenoxy) is 1. The molecule has 1 aromatic heterocycles. The molecule has 6 nitrogen and oxygen atoms in total. The Bertz CT molecular complexity index is 420. The molecule has 0 fully saturated rings. The highest BCUT2D eigenvalue weighted by molar-refractivity contribution is 5.77. The standard InChI is InChI=1S/C9H13N3O3/c1-15-5-8(13)12-3-2-6-7(4-12)10-11-9(6)14/h2-5H2,1H3,(H2,10,11,14). The van der Waals surface area contributed by atoms with Crippen LogP contribution in [0.3, 0.4) is 0 Å². The average Bonchev–Trinajstić information content (AvgIpc) is 2.60. The van der Waals surface area contributed by atoms with Gasteiger partial charge in [-0.3, -0.25) is 14.7 Å². The third kappa shape index (κ3) is 1.80. The van der Waals surface area contributed by atoms with E-state index in [9.17, 15) is 9.59 Å². The van der Waals surface area contributed by atoms with E-state index < -0.39 is 0 Å². The Morgan fingerprint density at radius 2 is 2.33 bits per heavy atom. The number of carbonyl (C=O) groups excluding carboxylic acids is 1. The molecule has 0 radical (unpaired) electrons. The number of hydrogen-bond acceptors (Lipinski definition) is 3. The molecule has 1 aliphatic heterocycles. The van der Waals surface area contributed by atoms with Crippen LogP contribution in [0.4, 0.5) is 0 Å². The Labute approximate surface area is 86.2 Å². The Morgan fingerprint density at radius 3 is 3.07 bits per heavy atom. The molecule has 0 spiro atoms. The number of carbonyl (C=O) groups is 1. The summed E-state index contributed by atoms with van der Waals surface area (Å²) in [5.74, 6) is -0.0507. The highest BCUT2D eigenvalue weighted by atomic mass is 16.5. The molecular formula is C9H13N3O3. The minimum Gasteiger partial charge on any atom is -0.375 e. The SMILES string of the molecule is COCC(=O)N1CCc2c([nH][nH]c2=O)C1. The van der Waals surface area contributed by atoms with Crippen LogP contribution in [0.15, 0.2) is 4.79 Å². The third-order valence-electron chi connectivity index (χ3n) is 2.57.